The van der Waals surface area contributed by atoms with Crippen molar-refractivity contribution in [2.75, 3.05) is 11.4 Å². The molecule has 0 fully saturated rings. The summed E-state index contributed by atoms with van der Waals surface area (Å²) < 4.78 is 5.51. The van der Waals surface area contributed by atoms with E-state index in [0.29, 0.717) is 34.3 Å². The van der Waals surface area contributed by atoms with Crippen molar-refractivity contribution < 1.29 is 14.3 Å². The molecule has 7 heteroatoms. The quantitative estimate of drug-likeness (QED) is 0.686. The van der Waals surface area contributed by atoms with Crippen molar-refractivity contribution >= 4 is 40.9 Å². The summed E-state index contributed by atoms with van der Waals surface area (Å²) in [6.07, 6.45) is 0.108. The Morgan fingerprint density at radius 3 is 2.54 bits per heavy atom. The molecule has 2 aromatic carbocycles. The molecule has 1 atom stereocenters. The average Bonchev–Trinajstić information content (AvgIpc) is 2.60. The maximum atomic E-state index is 12.7. The SMILES string of the molecule is CC(C)(C)OC(=O)N1CCC(NC(=O)c2ccccc2Cl)c2ccc(Cl)cc21. The smallest absolute Gasteiger partial charge is 0.414 e. The van der Waals surface area contributed by atoms with Gasteiger partial charge in [-0.25, -0.2) is 4.79 Å². The van der Waals surface area contributed by atoms with Gasteiger partial charge in [0.15, 0.2) is 0 Å². The van der Waals surface area contributed by atoms with Crippen LogP contribution in [0.1, 0.15) is 49.2 Å². The van der Waals surface area contributed by atoms with Crippen LogP contribution in [0.5, 0.6) is 0 Å². The van der Waals surface area contributed by atoms with Crippen LogP contribution in [0.4, 0.5) is 10.5 Å². The Bertz CT molecular complexity index is 909. The van der Waals surface area contributed by atoms with Gasteiger partial charge in [-0.2, -0.15) is 0 Å². The molecule has 2 aromatic rings. The van der Waals surface area contributed by atoms with Crippen LogP contribution < -0.4 is 10.2 Å². The summed E-state index contributed by atoms with van der Waals surface area (Å²) in [6, 6.07) is 11.9. The highest BCUT2D eigenvalue weighted by atomic mass is 35.5. The number of nitrogens with zero attached hydrogens (tertiary/aromatic N) is 1. The highest BCUT2D eigenvalue weighted by Crippen LogP contribution is 2.37. The second-order valence-electron chi connectivity index (χ2n) is 7.63. The normalized spacial score (nSPS) is 16.3. The van der Waals surface area contributed by atoms with Crippen molar-refractivity contribution in [1.82, 2.24) is 5.32 Å². The van der Waals surface area contributed by atoms with Gasteiger partial charge in [0.2, 0.25) is 0 Å². The first-order valence-corrected chi connectivity index (χ1v) is 9.76. The standard InChI is InChI=1S/C21H22Cl2N2O3/c1-21(2,3)28-20(27)25-11-10-17(15-9-8-13(22)12-18(15)25)24-19(26)14-6-4-5-7-16(14)23/h4-9,12,17H,10-11H2,1-3H3,(H,24,26). The number of amides is 2. The molecule has 0 aromatic heterocycles. The fourth-order valence-corrected chi connectivity index (χ4v) is 3.51. The van der Waals surface area contributed by atoms with Gasteiger partial charge in [-0.1, -0.05) is 41.4 Å². The van der Waals surface area contributed by atoms with E-state index in [1.54, 1.807) is 41.3 Å². The maximum absolute atomic E-state index is 12.7. The minimum absolute atomic E-state index is 0.262. The van der Waals surface area contributed by atoms with E-state index in [-0.39, 0.29) is 11.9 Å². The van der Waals surface area contributed by atoms with Crippen LogP contribution in [-0.2, 0) is 4.74 Å². The van der Waals surface area contributed by atoms with E-state index in [1.165, 1.54) is 0 Å². The van der Waals surface area contributed by atoms with Gasteiger partial charge in [0.25, 0.3) is 5.91 Å². The third kappa shape index (κ3) is 4.59. The Morgan fingerprint density at radius 1 is 1.14 bits per heavy atom. The first-order chi connectivity index (χ1) is 13.2. The lowest BCUT2D eigenvalue weighted by Crippen LogP contribution is -2.43. The Morgan fingerprint density at radius 2 is 1.86 bits per heavy atom. The lowest BCUT2D eigenvalue weighted by atomic mass is 9.96. The molecule has 0 radical (unpaired) electrons. The third-order valence-electron chi connectivity index (χ3n) is 4.34. The molecule has 0 saturated heterocycles. The Kier molecular flexibility index (Phi) is 5.87. The van der Waals surface area contributed by atoms with Gasteiger partial charge in [0, 0.05) is 11.6 Å². The van der Waals surface area contributed by atoms with E-state index < -0.39 is 11.7 Å². The summed E-state index contributed by atoms with van der Waals surface area (Å²) in [5.74, 6) is -0.262. The number of fused-ring (bicyclic) bond motifs is 1. The number of rotatable bonds is 2. The number of hydrogen-bond donors (Lipinski definition) is 1. The molecule has 28 heavy (non-hydrogen) atoms. The summed E-state index contributed by atoms with van der Waals surface area (Å²) in [7, 11) is 0. The monoisotopic (exact) mass is 420 g/mol. The summed E-state index contributed by atoms with van der Waals surface area (Å²) in [5, 5.41) is 3.91. The number of carbonyl (C=O) groups excluding carboxylic acids is 2. The van der Waals surface area contributed by atoms with Gasteiger partial charge in [0.05, 0.1) is 22.3 Å². The Labute approximate surface area is 174 Å². The number of benzene rings is 2. The van der Waals surface area contributed by atoms with Crippen molar-refractivity contribution in [1.29, 1.82) is 0 Å². The molecule has 0 spiro atoms. The zero-order valence-electron chi connectivity index (χ0n) is 16.0. The first kappa shape index (κ1) is 20.5. The van der Waals surface area contributed by atoms with E-state index in [4.69, 9.17) is 27.9 Å². The molecular formula is C21H22Cl2N2O3. The Hall–Kier alpha value is -2.24. The molecule has 0 saturated carbocycles. The number of ether oxygens (including phenoxy) is 1. The highest BCUT2D eigenvalue weighted by Gasteiger charge is 2.32. The number of carbonyl (C=O) groups is 2. The van der Waals surface area contributed by atoms with Crippen LogP contribution in [-0.4, -0.2) is 24.1 Å². The topological polar surface area (TPSA) is 58.6 Å². The third-order valence-corrected chi connectivity index (χ3v) is 4.90. The van der Waals surface area contributed by atoms with Crippen molar-refractivity contribution in [3.8, 4) is 0 Å². The van der Waals surface area contributed by atoms with Crippen molar-refractivity contribution in [3.05, 3.63) is 63.6 Å². The lowest BCUT2D eigenvalue weighted by Gasteiger charge is -2.35. The number of nitrogens with one attached hydrogen (secondary N) is 1. The molecule has 0 aliphatic carbocycles. The average molecular weight is 421 g/mol. The van der Waals surface area contributed by atoms with Crippen LogP contribution in [0.3, 0.4) is 0 Å². The predicted molar refractivity (Wildman–Crippen MR) is 111 cm³/mol. The maximum Gasteiger partial charge on any atom is 0.414 e. The van der Waals surface area contributed by atoms with E-state index in [9.17, 15) is 9.59 Å². The summed E-state index contributed by atoms with van der Waals surface area (Å²) in [6.45, 7) is 5.86. The molecule has 148 valence electrons. The van der Waals surface area contributed by atoms with Crippen molar-refractivity contribution in [2.24, 2.45) is 0 Å². The van der Waals surface area contributed by atoms with Crippen LogP contribution >= 0.6 is 23.2 Å². The van der Waals surface area contributed by atoms with E-state index >= 15 is 0 Å². The number of hydrogen-bond acceptors (Lipinski definition) is 3. The largest absolute Gasteiger partial charge is 0.443 e. The number of anilines is 1. The molecule has 1 aliphatic heterocycles. The number of halogens is 2. The fourth-order valence-electron chi connectivity index (χ4n) is 3.12. The fraction of sp³-hybridized carbons (Fsp3) is 0.333. The summed E-state index contributed by atoms with van der Waals surface area (Å²) in [5.41, 5.74) is 1.25. The van der Waals surface area contributed by atoms with Crippen molar-refractivity contribution in [2.45, 2.75) is 38.8 Å². The molecular weight excluding hydrogens is 399 g/mol. The van der Waals surface area contributed by atoms with Gasteiger partial charge >= 0.3 is 6.09 Å². The van der Waals surface area contributed by atoms with Crippen LogP contribution in [0.25, 0.3) is 0 Å². The lowest BCUT2D eigenvalue weighted by molar-refractivity contribution is 0.0576. The minimum atomic E-state index is -0.606. The second kappa shape index (κ2) is 8.02. The van der Waals surface area contributed by atoms with Gasteiger partial charge in [0.1, 0.15) is 5.60 Å². The molecule has 1 aliphatic rings. The van der Waals surface area contributed by atoms with E-state index in [1.807, 2.05) is 26.8 Å². The van der Waals surface area contributed by atoms with E-state index in [0.717, 1.165) is 5.56 Å². The van der Waals surface area contributed by atoms with Gasteiger partial charge in [-0.05, 0) is 57.0 Å². The van der Waals surface area contributed by atoms with Crippen LogP contribution in [0.2, 0.25) is 10.0 Å². The minimum Gasteiger partial charge on any atom is -0.443 e. The van der Waals surface area contributed by atoms with Crippen molar-refractivity contribution in [3.63, 3.8) is 0 Å². The summed E-state index contributed by atoms with van der Waals surface area (Å²) >= 11 is 12.3. The highest BCUT2D eigenvalue weighted by molar-refractivity contribution is 6.33. The Balaban J connectivity index is 1.87. The molecule has 3 rings (SSSR count). The van der Waals surface area contributed by atoms with Gasteiger partial charge in [-0.15, -0.1) is 0 Å². The zero-order valence-corrected chi connectivity index (χ0v) is 17.5. The molecule has 1 heterocycles. The molecule has 1 N–H and O–H groups in total. The molecule has 2 amide bonds. The molecule has 0 bridgehead atoms. The van der Waals surface area contributed by atoms with Crippen LogP contribution in [0.15, 0.2) is 42.5 Å². The first-order valence-electron chi connectivity index (χ1n) is 9.01. The molecule has 5 nitrogen and oxygen atoms in total. The van der Waals surface area contributed by atoms with Gasteiger partial charge in [-0.3, -0.25) is 9.69 Å². The summed E-state index contributed by atoms with van der Waals surface area (Å²) in [4.78, 5) is 26.9. The second-order valence-corrected chi connectivity index (χ2v) is 8.47. The predicted octanol–water partition coefficient (Wildman–Crippen LogP) is 5.61. The van der Waals surface area contributed by atoms with Crippen LogP contribution in [0, 0.1) is 0 Å². The zero-order chi connectivity index (χ0) is 20.5. The van der Waals surface area contributed by atoms with E-state index in [2.05, 4.69) is 5.32 Å². The van der Waals surface area contributed by atoms with Gasteiger partial charge < -0.3 is 10.1 Å². The molecule has 1 unspecified atom stereocenters.